The van der Waals surface area contributed by atoms with Crippen LogP contribution in [0.1, 0.15) is 59.3 Å². The summed E-state index contributed by atoms with van der Waals surface area (Å²) in [6.45, 7) is 11.1. The second-order valence-electron chi connectivity index (χ2n) is 6.25. The number of β-amino-alcohol motifs (C(OH)–C–C–N with tert-alkyl or cyclic N) is 1. The van der Waals surface area contributed by atoms with Crippen LogP contribution in [0.3, 0.4) is 0 Å². The summed E-state index contributed by atoms with van der Waals surface area (Å²) in [4.78, 5) is 4.51. The summed E-state index contributed by atoms with van der Waals surface area (Å²) < 4.78 is 0. The molecule has 0 amide bonds. The summed E-state index contributed by atoms with van der Waals surface area (Å²) in [7, 11) is 0. The Hall–Kier alpha value is -1.13. The van der Waals surface area contributed by atoms with Crippen LogP contribution in [-0.4, -0.2) is 28.2 Å². The molecule has 20 heavy (non-hydrogen) atoms. The van der Waals surface area contributed by atoms with Crippen LogP contribution in [-0.2, 0) is 0 Å². The topological polar surface area (TPSA) is 57.2 Å². The standard InChI is InChI=1S/C16H29N3O/c1-6-12(7-2)18-15-10-8-9-13(19-15)14(20)11-17-16(3,4)5/h8-10,12,14,17,20H,6-7,11H2,1-5H3,(H,18,19). The van der Waals surface area contributed by atoms with Crippen LogP contribution < -0.4 is 10.6 Å². The Morgan fingerprint density at radius 3 is 2.40 bits per heavy atom. The normalized spacial score (nSPS) is 13.6. The Morgan fingerprint density at radius 2 is 1.85 bits per heavy atom. The lowest BCUT2D eigenvalue weighted by Gasteiger charge is -2.23. The van der Waals surface area contributed by atoms with Crippen LogP contribution in [0.2, 0.25) is 0 Å². The maximum absolute atomic E-state index is 10.2. The quantitative estimate of drug-likeness (QED) is 0.718. The van der Waals surface area contributed by atoms with Gasteiger partial charge in [-0.1, -0.05) is 19.9 Å². The fraction of sp³-hybridized carbons (Fsp3) is 0.688. The molecule has 0 aliphatic rings. The third-order valence-electron chi connectivity index (χ3n) is 3.28. The van der Waals surface area contributed by atoms with Crippen LogP contribution >= 0.6 is 0 Å². The highest BCUT2D eigenvalue weighted by Crippen LogP contribution is 2.15. The molecule has 0 aliphatic carbocycles. The van der Waals surface area contributed by atoms with E-state index in [2.05, 4.69) is 50.2 Å². The molecular weight excluding hydrogens is 250 g/mol. The van der Waals surface area contributed by atoms with Crippen molar-refractivity contribution in [3.05, 3.63) is 23.9 Å². The molecule has 0 aliphatic heterocycles. The van der Waals surface area contributed by atoms with E-state index in [0.29, 0.717) is 18.3 Å². The lowest BCUT2D eigenvalue weighted by molar-refractivity contribution is 0.159. The van der Waals surface area contributed by atoms with Gasteiger partial charge < -0.3 is 15.7 Å². The minimum absolute atomic E-state index is 0.00758. The second kappa shape index (κ2) is 7.60. The zero-order valence-corrected chi connectivity index (χ0v) is 13.4. The third-order valence-corrected chi connectivity index (χ3v) is 3.28. The molecule has 1 unspecified atom stereocenters. The van der Waals surface area contributed by atoms with Gasteiger partial charge in [-0.2, -0.15) is 0 Å². The van der Waals surface area contributed by atoms with Crippen LogP contribution in [0.5, 0.6) is 0 Å². The van der Waals surface area contributed by atoms with Crippen LogP contribution in [0, 0.1) is 0 Å². The van der Waals surface area contributed by atoms with Gasteiger partial charge in [0.1, 0.15) is 11.9 Å². The highest BCUT2D eigenvalue weighted by Gasteiger charge is 2.15. The monoisotopic (exact) mass is 279 g/mol. The number of hydrogen-bond acceptors (Lipinski definition) is 4. The van der Waals surface area contributed by atoms with Gasteiger partial charge in [0.05, 0.1) is 5.69 Å². The largest absolute Gasteiger partial charge is 0.385 e. The molecule has 0 spiro atoms. The van der Waals surface area contributed by atoms with E-state index in [1.165, 1.54) is 0 Å². The van der Waals surface area contributed by atoms with Gasteiger partial charge in [0, 0.05) is 18.1 Å². The van der Waals surface area contributed by atoms with Crippen molar-refractivity contribution >= 4 is 5.82 Å². The Balaban J connectivity index is 2.67. The van der Waals surface area contributed by atoms with Gasteiger partial charge in [0.25, 0.3) is 0 Å². The first-order valence-electron chi connectivity index (χ1n) is 7.52. The van der Waals surface area contributed by atoms with E-state index in [0.717, 1.165) is 18.7 Å². The number of nitrogens with zero attached hydrogens (tertiary/aromatic N) is 1. The zero-order valence-electron chi connectivity index (χ0n) is 13.4. The van der Waals surface area contributed by atoms with Crippen molar-refractivity contribution in [3.8, 4) is 0 Å². The Morgan fingerprint density at radius 1 is 1.20 bits per heavy atom. The van der Waals surface area contributed by atoms with E-state index in [9.17, 15) is 5.11 Å². The van der Waals surface area contributed by atoms with Gasteiger partial charge in [0.15, 0.2) is 0 Å². The van der Waals surface area contributed by atoms with E-state index in [-0.39, 0.29) is 5.54 Å². The molecule has 3 N–H and O–H groups in total. The molecule has 0 fully saturated rings. The Bertz CT molecular complexity index is 397. The Kier molecular flexibility index (Phi) is 6.43. The summed E-state index contributed by atoms with van der Waals surface area (Å²) >= 11 is 0. The van der Waals surface area contributed by atoms with E-state index in [1.807, 2.05) is 18.2 Å². The molecule has 1 rings (SSSR count). The SMILES string of the molecule is CCC(CC)Nc1cccc(C(O)CNC(C)(C)C)n1. The Labute approximate surface area is 123 Å². The van der Waals surface area contributed by atoms with Crippen molar-refractivity contribution in [3.63, 3.8) is 0 Å². The van der Waals surface area contributed by atoms with Gasteiger partial charge in [-0.25, -0.2) is 4.98 Å². The second-order valence-corrected chi connectivity index (χ2v) is 6.25. The molecule has 0 radical (unpaired) electrons. The average molecular weight is 279 g/mol. The summed E-state index contributed by atoms with van der Waals surface area (Å²) in [6, 6.07) is 6.19. The molecular formula is C16H29N3O. The highest BCUT2D eigenvalue weighted by atomic mass is 16.3. The van der Waals surface area contributed by atoms with Gasteiger partial charge in [-0.3, -0.25) is 0 Å². The first kappa shape index (κ1) is 16.9. The number of nitrogens with one attached hydrogen (secondary N) is 2. The van der Waals surface area contributed by atoms with E-state index in [4.69, 9.17) is 0 Å². The molecule has 114 valence electrons. The van der Waals surface area contributed by atoms with E-state index < -0.39 is 6.10 Å². The summed E-state index contributed by atoms with van der Waals surface area (Å²) in [5.41, 5.74) is 0.699. The number of aromatic nitrogens is 1. The predicted molar refractivity (Wildman–Crippen MR) is 84.9 cm³/mol. The zero-order chi connectivity index (χ0) is 15.2. The van der Waals surface area contributed by atoms with Gasteiger partial charge in [0.2, 0.25) is 0 Å². The molecule has 0 saturated heterocycles. The molecule has 1 aromatic rings. The lowest BCUT2D eigenvalue weighted by Crippen LogP contribution is -2.38. The number of aliphatic hydroxyl groups is 1. The fourth-order valence-corrected chi connectivity index (χ4v) is 1.93. The van der Waals surface area contributed by atoms with Crippen molar-refractivity contribution in [1.82, 2.24) is 10.3 Å². The minimum Gasteiger partial charge on any atom is -0.385 e. The molecule has 1 aromatic heterocycles. The third kappa shape index (κ3) is 5.88. The van der Waals surface area contributed by atoms with Crippen LogP contribution in [0.4, 0.5) is 5.82 Å². The number of hydrogen-bond donors (Lipinski definition) is 3. The lowest BCUT2D eigenvalue weighted by atomic mass is 10.1. The molecule has 1 atom stereocenters. The summed E-state index contributed by atoms with van der Waals surface area (Å²) in [6.07, 6.45) is 1.55. The molecule has 0 aromatic carbocycles. The summed E-state index contributed by atoms with van der Waals surface area (Å²) in [5, 5.41) is 16.9. The van der Waals surface area contributed by atoms with Crippen molar-refractivity contribution in [2.45, 2.75) is 65.1 Å². The van der Waals surface area contributed by atoms with Gasteiger partial charge >= 0.3 is 0 Å². The van der Waals surface area contributed by atoms with Crippen LogP contribution in [0.15, 0.2) is 18.2 Å². The number of anilines is 1. The number of rotatable bonds is 7. The smallest absolute Gasteiger partial charge is 0.126 e. The van der Waals surface area contributed by atoms with Crippen molar-refractivity contribution < 1.29 is 5.11 Å². The first-order valence-corrected chi connectivity index (χ1v) is 7.52. The maximum atomic E-state index is 10.2. The molecule has 4 nitrogen and oxygen atoms in total. The fourth-order valence-electron chi connectivity index (χ4n) is 1.93. The average Bonchev–Trinajstić information content (AvgIpc) is 2.41. The maximum Gasteiger partial charge on any atom is 0.126 e. The van der Waals surface area contributed by atoms with Gasteiger partial charge in [-0.15, -0.1) is 0 Å². The van der Waals surface area contributed by atoms with Gasteiger partial charge in [-0.05, 0) is 45.7 Å². The molecule has 0 bridgehead atoms. The van der Waals surface area contributed by atoms with Crippen molar-refractivity contribution in [2.75, 3.05) is 11.9 Å². The molecule has 0 saturated carbocycles. The van der Waals surface area contributed by atoms with E-state index >= 15 is 0 Å². The molecule has 1 heterocycles. The predicted octanol–water partition coefficient (Wildman–Crippen LogP) is 3.10. The first-order chi connectivity index (χ1) is 9.35. The van der Waals surface area contributed by atoms with Crippen molar-refractivity contribution in [2.24, 2.45) is 0 Å². The van der Waals surface area contributed by atoms with Crippen molar-refractivity contribution in [1.29, 1.82) is 0 Å². The van der Waals surface area contributed by atoms with E-state index in [1.54, 1.807) is 0 Å². The molecule has 4 heteroatoms. The highest BCUT2D eigenvalue weighted by molar-refractivity contribution is 5.36. The summed E-state index contributed by atoms with van der Waals surface area (Å²) in [5.74, 6) is 0.839. The minimum atomic E-state index is -0.585. The number of aliphatic hydroxyl groups excluding tert-OH is 1. The number of pyridine rings is 1. The van der Waals surface area contributed by atoms with Crippen LogP contribution in [0.25, 0.3) is 0 Å².